The third-order valence-corrected chi connectivity index (χ3v) is 4.55. The lowest BCUT2D eigenvalue weighted by molar-refractivity contribution is -0.124. The van der Waals surface area contributed by atoms with Crippen LogP contribution < -0.4 is 19.5 Å². The number of benzene rings is 2. The Morgan fingerprint density at radius 1 is 1.11 bits per heavy atom. The van der Waals surface area contributed by atoms with E-state index in [4.69, 9.17) is 25.8 Å². The van der Waals surface area contributed by atoms with E-state index in [-0.39, 0.29) is 24.5 Å². The van der Waals surface area contributed by atoms with Crippen LogP contribution in [0, 0.1) is 5.92 Å². The zero-order chi connectivity index (χ0) is 19.2. The number of hydrogen-bond donors (Lipinski definition) is 1. The van der Waals surface area contributed by atoms with Gasteiger partial charge in [-0.15, -0.1) is 0 Å². The number of halogens is 1. The highest BCUT2D eigenvalue weighted by Gasteiger charge is 2.21. The van der Waals surface area contributed by atoms with Crippen molar-refractivity contribution in [1.82, 2.24) is 5.32 Å². The highest BCUT2D eigenvalue weighted by Crippen LogP contribution is 2.34. The Labute approximate surface area is 164 Å². The van der Waals surface area contributed by atoms with Crippen LogP contribution in [0.25, 0.3) is 0 Å². The summed E-state index contributed by atoms with van der Waals surface area (Å²) in [6.45, 7) is 5.35. The maximum absolute atomic E-state index is 12.4. The molecular weight excluding hydrogens is 366 g/mol. The van der Waals surface area contributed by atoms with Gasteiger partial charge in [-0.2, -0.15) is 0 Å². The average molecular weight is 390 g/mol. The Hall–Kier alpha value is -2.40. The largest absolute Gasteiger partial charge is 0.490 e. The molecule has 1 amide bonds. The van der Waals surface area contributed by atoms with Gasteiger partial charge in [0.2, 0.25) is 0 Å². The average Bonchev–Trinajstić information content (AvgIpc) is 2.90. The van der Waals surface area contributed by atoms with E-state index in [0.717, 1.165) is 23.5 Å². The van der Waals surface area contributed by atoms with Crippen LogP contribution in [0.15, 0.2) is 42.5 Å². The number of carbonyl (C=O) groups is 1. The van der Waals surface area contributed by atoms with Crippen molar-refractivity contribution >= 4 is 17.5 Å². The van der Waals surface area contributed by atoms with Gasteiger partial charge in [0.15, 0.2) is 18.1 Å². The Balaban J connectivity index is 1.65. The molecule has 1 aliphatic rings. The van der Waals surface area contributed by atoms with Crippen LogP contribution in [0.1, 0.15) is 31.9 Å². The zero-order valence-corrected chi connectivity index (χ0v) is 16.3. The first-order valence-electron chi connectivity index (χ1n) is 9.10. The van der Waals surface area contributed by atoms with E-state index in [2.05, 4.69) is 19.2 Å². The van der Waals surface area contributed by atoms with Crippen molar-refractivity contribution in [3.8, 4) is 17.2 Å². The fourth-order valence-electron chi connectivity index (χ4n) is 2.90. The second-order valence-electron chi connectivity index (χ2n) is 6.79. The monoisotopic (exact) mass is 389 g/mol. The van der Waals surface area contributed by atoms with Crippen LogP contribution >= 0.6 is 11.6 Å². The van der Waals surface area contributed by atoms with Crippen LogP contribution in [-0.2, 0) is 4.79 Å². The molecule has 0 aliphatic carbocycles. The lowest BCUT2D eigenvalue weighted by Gasteiger charge is -2.24. The lowest BCUT2D eigenvalue weighted by Crippen LogP contribution is -2.35. The number of ether oxygens (including phenoxy) is 3. The molecule has 5 nitrogen and oxygen atoms in total. The van der Waals surface area contributed by atoms with E-state index in [9.17, 15) is 4.79 Å². The minimum absolute atomic E-state index is 0.0601. The van der Waals surface area contributed by atoms with Crippen molar-refractivity contribution < 1.29 is 19.0 Å². The number of nitrogens with one attached hydrogen (secondary N) is 1. The molecule has 3 rings (SSSR count). The molecule has 0 saturated carbocycles. The number of carbonyl (C=O) groups excluding carboxylic acids is 1. The molecule has 0 spiro atoms. The number of fused-ring (bicyclic) bond motifs is 1. The van der Waals surface area contributed by atoms with Crippen LogP contribution in [-0.4, -0.2) is 25.7 Å². The van der Waals surface area contributed by atoms with Gasteiger partial charge in [0.1, 0.15) is 5.75 Å². The fraction of sp³-hybridized carbons (Fsp3) is 0.381. The predicted molar refractivity (Wildman–Crippen MR) is 105 cm³/mol. The summed E-state index contributed by atoms with van der Waals surface area (Å²) in [4.78, 5) is 12.4. The first-order valence-corrected chi connectivity index (χ1v) is 9.48. The summed E-state index contributed by atoms with van der Waals surface area (Å²) in [7, 11) is 0. The van der Waals surface area contributed by atoms with Gasteiger partial charge >= 0.3 is 0 Å². The molecule has 144 valence electrons. The first kappa shape index (κ1) is 19.4. The second kappa shape index (κ2) is 9.00. The Bertz CT molecular complexity index is 776. The Morgan fingerprint density at radius 2 is 1.81 bits per heavy atom. The molecule has 1 unspecified atom stereocenters. The van der Waals surface area contributed by atoms with Crippen LogP contribution in [0.4, 0.5) is 0 Å². The summed E-state index contributed by atoms with van der Waals surface area (Å²) in [5.74, 6) is 2.09. The standard InChI is InChI=1S/C21H24ClNO4/c1-14(2)21(15-4-9-18-19(12-15)26-11-3-10-25-18)23-20(24)13-27-17-7-5-16(22)6-8-17/h4-9,12,14,21H,3,10-11,13H2,1-2H3,(H,23,24). The van der Waals surface area contributed by atoms with Crippen molar-refractivity contribution in [3.05, 3.63) is 53.1 Å². The van der Waals surface area contributed by atoms with Crippen molar-refractivity contribution in [2.75, 3.05) is 19.8 Å². The molecule has 0 fully saturated rings. The van der Waals surface area contributed by atoms with E-state index in [1.54, 1.807) is 24.3 Å². The van der Waals surface area contributed by atoms with Crippen LogP contribution in [0.2, 0.25) is 5.02 Å². The van der Waals surface area contributed by atoms with Gasteiger partial charge < -0.3 is 19.5 Å². The normalized spacial score (nSPS) is 14.4. The predicted octanol–water partition coefficient (Wildman–Crippen LogP) is 4.39. The maximum atomic E-state index is 12.4. The summed E-state index contributed by atoms with van der Waals surface area (Å²) in [6.07, 6.45) is 0.858. The number of hydrogen-bond acceptors (Lipinski definition) is 4. The van der Waals surface area contributed by atoms with Crippen molar-refractivity contribution in [2.24, 2.45) is 5.92 Å². The van der Waals surface area contributed by atoms with Gasteiger partial charge in [0.25, 0.3) is 5.91 Å². The smallest absolute Gasteiger partial charge is 0.258 e. The van der Waals surface area contributed by atoms with Gasteiger partial charge in [-0.25, -0.2) is 0 Å². The third-order valence-electron chi connectivity index (χ3n) is 4.30. The van der Waals surface area contributed by atoms with Crippen molar-refractivity contribution in [2.45, 2.75) is 26.3 Å². The van der Waals surface area contributed by atoms with Crippen molar-refractivity contribution in [3.63, 3.8) is 0 Å². The van der Waals surface area contributed by atoms with E-state index in [1.807, 2.05) is 18.2 Å². The molecular formula is C21H24ClNO4. The summed E-state index contributed by atoms with van der Waals surface area (Å²) in [5.41, 5.74) is 0.981. The quantitative estimate of drug-likeness (QED) is 0.795. The minimum atomic E-state index is -0.184. The van der Waals surface area contributed by atoms with Crippen LogP contribution in [0.5, 0.6) is 17.2 Å². The molecule has 1 heterocycles. The SMILES string of the molecule is CC(C)C(NC(=O)COc1ccc(Cl)cc1)c1ccc2c(c1)OCCCO2. The fourth-order valence-corrected chi connectivity index (χ4v) is 3.03. The van der Waals surface area contributed by atoms with Gasteiger partial charge in [-0.1, -0.05) is 31.5 Å². The van der Waals surface area contributed by atoms with Gasteiger partial charge in [0.05, 0.1) is 19.3 Å². The zero-order valence-electron chi connectivity index (χ0n) is 15.5. The van der Waals surface area contributed by atoms with Crippen molar-refractivity contribution in [1.29, 1.82) is 0 Å². The van der Waals surface area contributed by atoms with E-state index in [0.29, 0.717) is 24.0 Å². The van der Waals surface area contributed by atoms with Crippen LogP contribution in [0.3, 0.4) is 0 Å². The number of amides is 1. The number of rotatable bonds is 6. The lowest BCUT2D eigenvalue weighted by atomic mass is 9.95. The van der Waals surface area contributed by atoms with Gasteiger partial charge in [-0.05, 0) is 47.9 Å². The minimum Gasteiger partial charge on any atom is -0.490 e. The van der Waals surface area contributed by atoms with Gasteiger partial charge in [-0.3, -0.25) is 4.79 Å². The summed E-state index contributed by atoms with van der Waals surface area (Å²) in [5, 5.41) is 3.68. The Morgan fingerprint density at radius 3 is 2.52 bits per heavy atom. The first-order chi connectivity index (χ1) is 13.0. The molecule has 1 atom stereocenters. The molecule has 0 aromatic heterocycles. The summed E-state index contributed by atoms with van der Waals surface area (Å²) in [6, 6.07) is 12.6. The van der Waals surface area contributed by atoms with E-state index >= 15 is 0 Å². The highest BCUT2D eigenvalue weighted by atomic mass is 35.5. The molecule has 27 heavy (non-hydrogen) atoms. The molecule has 0 saturated heterocycles. The second-order valence-corrected chi connectivity index (χ2v) is 7.22. The molecule has 0 radical (unpaired) electrons. The summed E-state index contributed by atoms with van der Waals surface area (Å²) < 4.78 is 17.0. The summed E-state index contributed by atoms with van der Waals surface area (Å²) >= 11 is 5.85. The molecule has 2 aromatic rings. The third kappa shape index (κ3) is 5.30. The Kier molecular flexibility index (Phi) is 6.45. The molecule has 1 N–H and O–H groups in total. The highest BCUT2D eigenvalue weighted by molar-refractivity contribution is 6.30. The molecule has 0 bridgehead atoms. The maximum Gasteiger partial charge on any atom is 0.258 e. The molecule has 1 aliphatic heterocycles. The van der Waals surface area contributed by atoms with E-state index < -0.39 is 0 Å². The molecule has 2 aromatic carbocycles. The molecule has 6 heteroatoms. The van der Waals surface area contributed by atoms with E-state index in [1.165, 1.54) is 0 Å². The van der Waals surface area contributed by atoms with Gasteiger partial charge in [0, 0.05) is 11.4 Å². The topological polar surface area (TPSA) is 56.8 Å².